The van der Waals surface area contributed by atoms with E-state index in [0.717, 1.165) is 78.4 Å². The highest BCUT2D eigenvalue weighted by molar-refractivity contribution is 6.14. The van der Waals surface area contributed by atoms with Crippen LogP contribution in [0.5, 0.6) is 0 Å². The predicted molar refractivity (Wildman–Crippen MR) is 371 cm³/mol. The van der Waals surface area contributed by atoms with E-state index in [0.29, 0.717) is 0 Å². The summed E-state index contributed by atoms with van der Waals surface area (Å²) >= 11 is 0. The van der Waals surface area contributed by atoms with Crippen LogP contribution >= 0.6 is 0 Å². The summed E-state index contributed by atoms with van der Waals surface area (Å²) in [6.07, 6.45) is 0. The molecule has 0 saturated carbocycles. The second-order valence-electron chi connectivity index (χ2n) is 23.3. The lowest BCUT2D eigenvalue weighted by Gasteiger charge is -2.16. The summed E-state index contributed by atoms with van der Waals surface area (Å²) in [6.45, 7) is 0. The number of nitrogens with zero attached hydrogens (tertiary/aromatic N) is 4. The second-order valence-corrected chi connectivity index (χ2v) is 23.3. The number of fused-ring (bicyclic) bond motifs is 12. The number of rotatable bonds is 9. The molecule has 0 saturated heterocycles. The minimum atomic E-state index is 1.14. The van der Waals surface area contributed by atoms with Crippen LogP contribution in [-0.4, -0.2) is 18.3 Å². The molecule has 4 heteroatoms. The smallest absolute Gasteiger partial charge is 0.0541 e. The Labute approximate surface area is 508 Å². The van der Waals surface area contributed by atoms with Gasteiger partial charge in [-0.25, -0.2) is 0 Å². The molecule has 88 heavy (non-hydrogen) atoms. The van der Waals surface area contributed by atoms with E-state index in [-0.39, 0.29) is 0 Å². The first-order valence-electron chi connectivity index (χ1n) is 30.3. The largest absolute Gasteiger partial charge is 0.309 e. The van der Waals surface area contributed by atoms with Gasteiger partial charge < -0.3 is 18.3 Å². The van der Waals surface area contributed by atoms with Crippen LogP contribution < -0.4 is 0 Å². The van der Waals surface area contributed by atoms with Crippen LogP contribution in [0.4, 0.5) is 0 Å². The number of hydrogen-bond donors (Lipinski definition) is 0. The minimum absolute atomic E-state index is 1.14. The molecular formula is C84H54N4. The molecule has 4 aromatic heterocycles. The van der Waals surface area contributed by atoms with Crippen LogP contribution in [0.1, 0.15) is 0 Å². The molecule has 18 aromatic rings. The summed E-state index contributed by atoms with van der Waals surface area (Å²) in [4.78, 5) is 0. The van der Waals surface area contributed by atoms with Crippen molar-refractivity contribution in [1.82, 2.24) is 18.3 Å². The monoisotopic (exact) mass is 1120 g/mol. The van der Waals surface area contributed by atoms with Crippen molar-refractivity contribution in [3.8, 4) is 78.4 Å². The topological polar surface area (TPSA) is 19.7 Å². The quantitative estimate of drug-likeness (QED) is 0.137. The maximum absolute atomic E-state index is 2.43. The molecule has 0 fully saturated rings. The Hall–Kier alpha value is -11.7. The second kappa shape index (κ2) is 20.0. The fourth-order valence-electron chi connectivity index (χ4n) is 14.3. The molecule has 0 aliphatic rings. The molecule has 0 atom stereocenters. The third-order valence-electron chi connectivity index (χ3n) is 18.3. The molecule has 0 N–H and O–H groups in total. The van der Waals surface area contributed by atoms with E-state index in [2.05, 4.69) is 346 Å². The van der Waals surface area contributed by atoms with E-state index < -0.39 is 0 Å². The first-order valence-corrected chi connectivity index (χ1v) is 30.3. The van der Waals surface area contributed by atoms with Gasteiger partial charge in [0.1, 0.15) is 0 Å². The molecule has 0 radical (unpaired) electrons. The Kier molecular flexibility index (Phi) is 11.3. The number of hydrogen-bond acceptors (Lipinski definition) is 0. The molecule has 4 nitrogen and oxygen atoms in total. The molecule has 0 bridgehead atoms. The Morgan fingerprint density at radius 3 is 0.534 bits per heavy atom. The van der Waals surface area contributed by atoms with E-state index in [1.54, 1.807) is 0 Å². The third-order valence-corrected chi connectivity index (χ3v) is 18.3. The predicted octanol–water partition coefficient (Wildman–Crippen LogP) is 22.4. The SMILES string of the molecule is c1ccc(-n2c3ccccc3c3cc(-c4cc(-c5cc(-c6ccc7c(c6)c6ccccc6n7-c6ccccc6)cc(-c6ccc7c(c6)c6ccccc6n7-c6ccccc6)c5)cc(-c5ccc6c(c5)c5ccccc5n6-c5ccccc5)c4)ccc32)cc1. The number of para-hydroxylation sites is 8. The zero-order valence-corrected chi connectivity index (χ0v) is 48.0. The summed E-state index contributed by atoms with van der Waals surface area (Å²) in [5, 5.41) is 9.78. The Bertz CT molecular complexity index is 5070. The fraction of sp³-hybridized carbons (Fsp3) is 0. The van der Waals surface area contributed by atoms with E-state index in [4.69, 9.17) is 0 Å². The van der Waals surface area contributed by atoms with Crippen LogP contribution in [0.3, 0.4) is 0 Å². The maximum atomic E-state index is 2.43. The van der Waals surface area contributed by atoms with Gasteiger partial charge in [0.05, 0.1) is 44.1 Å². The molecule has 0 aliphatic heterocycles. The molecule has 0 aliphatic carbocycles. The molecule has 410 valence electrons. The standard InChI is InChI=1S/C84H54N4/c1-5-21-65(22-6-1)85-77-33-17-13-29-69(77)73-51-55(37-41-81(73)85)59-45-60(56-38-42-82-74(52-56)70-30-14-18-34-78(70)86(82)66-23-7-2-8-24-66)48-63(47-59)64-49-61(57-39-43-83-75(53-57)71-31-15-19-35-79(71)87(83)67-25-9-3-10-26-67)46-62(50-64)58-40-44-84-76(54-58)72-32-16-20-36-80(72)88(84)68-27-11-4-12-28-68/h1-54H. The molecule has 18 rings (SSSR count). The summed E-state index contributed by atoms with van der Waals surface area (Å²) in [6, 6.07) is 121. The molecule has 4 heterocycles. The minimum Gasteiger partial charge on any atom is -0.309 e. The summed E-state index contributed by atoms with van der Waals surface area (Å²) < 4.78 is 9.60. The highest BCUT2D eigenvalue weighted by Gasteiger charge is 2.21. The normalized spacial score (nSPS) is 11.9. The Morgan fingerprint density at radius 1 is 0.125 bits per heavy atom. The van der Waals surface area contributed by atoms with Gasteiger partial charge in [-0.2, -0.15) is 0 Å². The molecular weight excluding hydrogens is 1060 g/mol. The lowest BCUT2D eigenvalue weighted by atomic mass is 9.89. The van der Waals surface area contributed by atoms with E-state index in [9.17, 15) is 0 Å². The number of benzene rings is 14. The van der Waals surface area contributed by atoms with Gasteiger partial charge in [-0.15, -0.1) is 0 Å². The summed E-state index contributed by atoms with van der Waals surface area (Å²) in [5.74, 6) is 0. The fourth-order valence-corrected chi connectivity index (χ4v) is 14.3. The van der Waals surface area contributed by atoms with Crippen molar-refractivity contribution in [1.29, 1.82) is 0 Å². The van der Waals surface area contributed by atoms with Gasteiger partial charge in [-0.05, 0) is 213 Å². The van der Waals surface area contributed by atoms with Crippen molar-refractivity contribution in [2.75, 3.05) is 0 Å². The van der Waals surface area contributed by atoms with Gasteiger partial charge in [-0.1, -0.05) is 170 Å². The van der Waals surface area contributed by atoms with Gasteiger partial charge in [0.2, 0.25) is 0 Å². The molecule has 14 aromatic carbocycles. The van der Waals surface area contributed by atoms with Crippen molar-refractivity contribution in [2.24, 2.45) is 0 Å². The van der Waals surface area contributed by atoms with Crippen molar-refractivity contribution < 1.29 is 0 Å². The maximum Gasteiger partial charge on any atom is 0.0541 e. The van der Waals surface area contributed by atoms with Crippen molar-refractivity contribution in [2.45, 2.75) is 0 Å². The molecule has 0 amide bonds. The zero-order chi connectivity index (χ0) is 57.8. The van der Waals surface area contributed by atoms with Crippen LogP contribution in [0.25, 0.3) is 166 Å². The summed E-state index contributed by atoms with van der Waals surface area (Å²) in [5.41, 5.74) is 25.5. The number of aromatic nitrogens is 4. The van der Waals surface area contributed by atoms with Crippen LogP contribution in [0.2, 0.25) is 0 Å². The van der Waals surface area contributed by atoms with E-state index in [1.807, 2.05) is 0 Å². The van der Waals surface area contributed by atoms with Crippen molar-refractivity contribution >= 4 is 87.2 Å². The van der Waals surface area contributed by atoms with Gasteiger partial charge >= 0.3 is 0 Å². The van der Waals surface area contributed by atoms with Crippen LogP contribution in [0, 0.1) is 0 Å². The average molecular weight is 1120 g/mol. The Balaban J connectivity index is 0.884. The third kappa shape index (κ3) is 7.93. The summed E-state index contributed by atoms with van der Waals surface area (Å²) in [7, 11) is 0. The van der Waals surface area contributed by atoms with Crippen molar-refractivity contribution in [3.63, 3.8) is 0 Å². The first-order chi connectivity index (χ1) is 43.6. The Morgan fingerprint density at radius 2 is 0.307 bits per heavy atom. The lowest BCUT2D eigenvalue weighted by Crippen LogP contribution is -1.93. The first kappa shape index (κ1) is 49.7. The van der Waals surface area contributed by atoms with Gasteiger partial charge in [0.25, 0.3) is 0 Å². The van der Waals surface area contributed by atoms with E-state index in [1.165, 1.54) is 87.2 Å². The van der Waals surface area contributed by atoms with E-state index >= 15 is 0 Å². The molecule has 0 spiro atoms. The van der Waals surface area contributed by atoms with Crippen LogP contribution in [-0.2, 0) is 0 Å². The lowest BCUT2D eigenvalue weighted by molar-refractivity contribution is 1.18. The average Bonchev–Trinajstić information content (AvgIpc) is 1.92. The van der Waals surface area contributed by atoms with Crippen molar-refractivity contribution in [3.05, 3.63) is 328 Å². The van der Waals surface area contributed by atoms with Crippen LogP contribution in [0.15, 0.2) is 328 Å². The molecule has 0 unspecified atom stereocenters. The highest BCUT2D eigenvalue weighted by atomic mass is 15.0. The van der Waals surface area contributed by atoms with Gasteiger partial charge in [0, 0.05) is 65.8 Å². The van der Waals surface area contributed by atoms with Gasteiger partial charge in [-0.3, -0.25) is 0 Å². The zero-order valence-electron chi connectivity index (χ0n) is 48.0. The highest BCUT2D eigenvalue weighted by Crippen LogP contribution is 2.44. The van der Waals surface area contributed by atoms with Gasteiger partial charge in [0.15, 0.2) is 0 Å².